The molecule has 0 radical (unpaired) electrons. The number of rotatable bonds is 38. The van der Waals surface area contributed by atoms with Gasteiger partial charge in [-0.1, -0.05) is 167 Å². The number of carbonyl (C=O) groups is 2. The standard InChI is InChI=1S/C48H87O18P/c1-3-5-7-9-11-13-15-17-18-19-21-23-25-27-29-31-38(51)63-35(33-61-37(50)30-28-26-24-22-20-16-14-12-10-8-6-4-2)34-62-67(59,60)66-47-44(57)42(55)41(54)43(56)46(47)65-48-45(58)40(53)39(52)36(32-49)64-48/h25,27,29,31,35-36,39-49,52-58H,3-24,26,28,30,32-34H2,1-2H3,(H,59,60). The minimum absolute atomic E-state index is 0.0935. The third-order valence-electron chi connectivity index (χ3n) is 12.3. The van der Waals surface area contributed by atoms with Crippen LogP contribution in [0.4, 0.5) is 0 Å². The number of carbonyl (C=O) groups excluding carboxylic acids is 2. The second-order valence-corrected chi connectivity index (χ2v) is 19.5. The average molecular weight is 983 g/mol. The fraction of sp³-hybridized carbons (Fsp3) is 0.875. The van der Waals surface area contributed by atoms with Gasteiger partial charge in [-0.05, 0) is 19.3 Å². The summed E-state index contributed by atoms with van der Waals surface area (Å²) in [5.41, 5.74) is 0. The van der Waals surface area contributed by atoms with Crippen molar-refractivity contribution in [3.8, 4) is 0 Å². The van der Waals surface area contributed by atoms with E-state index in [0.29, 0.717) is 6.42 Å². The van der Waals surface area contributed by atoms with Gasteiger partial charge in [0.1, 0.15) is 67.6 Å². The lowest BCUT2D eigenvalue weighted by molar-refractivity contribution is -0.338. The molecule has 18 nitrogen and oxygen atoms in total. The number of aliphatic hydroxyl groups excluding tert-OH is 8. The lowest BCUT2D eigenvalue weighted by Crippen LogP contribution is -2.67. The molecule has 19 heteroatoms. The first-order chi connectivity index (χ1) is 32.2. The Bertz CT molecular complexity index is 1400. The zero-order chi connectivity index (χ0) is 49.5. The summed E-state index contributed by atoms with van der Waals surface area (Å²) in [6.45, 7) is 2.12. The lowest BCUT2D eigenvalue weighted by Gasteiger charge is -2.47. The highest BCUT2D eigenvalue weighted by Crippen LogP contribution is 2.48. The molecule has 0 amide bonds. The number of hydrogen-bond acceptors (Lipinski definition) is 17. The van der Waals surface area contributed by atoms with Crippen LogP contribution in [0, 0.1) is 0 Å². The van der Waals surface area contributed by atoms with Crippen LogP contribution in [0.25, 0.3) is 0 Å². The number of unbranched alkanes of at least 4 members (excludes halogenated alkanes) is 22. The van der Waals surface area contributed by atoms with Crippen LogP contribution in [0.1, 0.15) is 174 Å². The van der Waals surface area contributed by atoms with Gasteiger partial charge in [0, 0.05) is 12.5 Å². The highest BCUT2D eigenvalue weighted by Gasteiger charge is 2.55. The third-order valence-corrected chi connectivity index (χ3v) is 13.3. The van der Waals surface area contributed by atoms with E-state index < -0.39 is 113 Å². The molecule has 0 aromatic rings. The first kappa shape index (κ1) is 61.3. The average Bonchev–Trinajstić information content (AvgIpc) is 3.31. The molecule has 13 atom stereocenters. The smallest absolute Gasteiger partial charge is 0.462 e. The monoisotopic (exact) mass is 983 g/mol. The summed E-state index contributed by atoms with van der Waals surface area (Å²) in [6.07, 6.45) is 10.5. The largest absolute Gasteiger partial charge is 0.472 e. The molecule has 0 spiro atoms. The van der Waals surface area contributed by atoms with Crippen molar-refractivity contribution in [1.29, 1.82) is 0 Å². The van der Waals surface area contributed by atoms with Gasteiger partial charge in [0.05, 0.1) is 13.2 Å². The van der Waals surface area contributed by atoms with E-state index in [9.17, 15) is 59.9 Å². The number of hydrogen-bond donors (Lipinski definition) is 9. The number of esters is 2. The maximum atomic E-state index is 13.4. The highest BCUT2D eigenvalue weighted by atomic mass is 31.2. The van der Waals surface area contributed by atoms with Gasteiger partial charge in [-0.25, -0.2) is 9.36 Å². The van der Waals surface area contributed by atoms with Crippen molar-refractivity contribution >= 4 is 19.8 Å². The van der Waals surface area contributed by atoms with Gasteiger partial charge < -0.3 is 64.7 Å². The first-order valence-corrected chi connectivity index (χ1v) is 26.7. The fourth-order valence-corrected chi connectivity index (χ4v) is 9.05. The number of phosphoric ester groups is 1. The zero-order valence-electron chi connectivity index (χ0n) is 40.2. The van der Waals surface area contributed by atoms with Crippen LogP contribution >= 0.6 is 7.82 Å². The molecule has 2 fully saturated rings. The van der Waals surface area contributed by atoms with E-state index in [1.54, 1.807) is 6.08 Å². The maximum Gasteiger partial charge on any atom is 0.472 e. The summed E-state index contributed by atoms with van der Waals surface area (Å²) < 4.78 is 45.2. The van der Waals surface area contributed by atoms with Gasteiger partial charge >= 0.3 is 19.8 Å². The number of ether oxygens (including phenoxy) is 4. The minimum atomic E-state index is -5.40. The Balaban J connectivity index is 1.99. The second kappa shape index (κ2) is 36.1. The summed E-state index contributed by atoms with van der Waals surface area (Å²) >= 11 is 0. The molecular weight excluding hydrogens is 895 g/mol. The Morgan fingerprint density at radius 2 is 1.07 bits per heavy atom. The quantitative estimate of drug-likeness (QED) is 0.0122. The molecule has 392 valence electrons. The first-order valence-electron chi connectivity index (χ1n) is 25.2. The van der Waals surface area contributed by atoms with E-state index >= 15 is 0 Å². The van der Waals surface area contributed by atoms with E-state index in [4.69, 9.17) is 28.0 Å². The van der Waals surface area contributed by atoms with Crippen molar-refractivity contribution in [2.45, 2.75) is 248 Å². The van der Waals surface area contributed by atoms with Crippen LogP contribution in [0.2, 0.25) is 0 Å². The van der Waals surface area contributed by atoms with Gasteiger partial charge in [-0.3, -0.25) is 13.8 Å². The van der Waals surface area contributed by atoms with Crippen LogP contribution in [0.5, 0.6) is 0 Å². The fourth-order valence-electron chi connectivity index (χ4n) is 8.08. The van der Waals surface area contributed by atoms with Crippen LogP contribution in [0.15, 0.2) is 24.3 Å². The molecule has 1 aliphatic carbocycles. The third kappa shape index (κ3) is 25.2. The number of allylic oxidation sites excluding steroid dienone is 3. The van der Waals surface area contributed by atoms with Gasteiger partial charge in [-0.2, -0.15) is 0 Å². The van der Waals surface area contributed by atoms with Gasteiger partial charge in [0.15, 0.2) is 12.4 Å². The van der Waals surface area contributed by atoms with E-state index in [2.05, 4.69) is 13.8 Å². The van der Waals surface area contributed by atoms with Crippen molar-refractivity contribution < 1.29 is 87.9 Å². The molecule has 1 heterocycles. The SMILES string of the molecule is CCCCCCCCCCCCCC=CC=CC(=O)OC(COC(=O)CCCCCCCCCCCCCC)COP(=O)(O)OC1C(O)C(O)C(O)C(O)C1OC1OC(CO)C(O)C(O)C1O. The summed E-state index contributed by atoms with van der Waals surface area (Å²) in [5.74, 6) is -1.47. The van der Waals surface area contributed by atoms with Crippen molar-refractivity contribution in [1.82, 2.24) is 0 Å². The summed E-state index contributed by atoms with van der Waals surface area (Å²) in [5, 5.41) is 82.8. The van der Waals surface area contributed by atoms with Crippen LogP contribution in [-0.4, -0.2) is 151 Å². The Morgan fingerprint density at radius 3 is 1.60 bits per heavy atom. The molecule has 1 saturated heterocycles. The van der Waals surface area contributed by atoms with E-state index in [-0.39, 0.29) is 6.42 Å². The predicted molar refractivity (Wildman–Crippen MR) is 249 cm³/mol. The summed E-state index contributed by atoms with van der Waals surface area (Å²) in [4.78, 5) is 36.4. The molecule has 67 heavy (non-hydrogen) atoms. The normalized spacial score (nSPS) is 28.2. The number of aliphatic hydroxyl groups is 8. The van der Waals surface area contributed by atoms with Crippen molar-refractivity contribution in [2.24, 2.45) is 0 Å². The molecule has 0 aromatic carbocycles. The van der Waals surface area contributed by atoms with E-state index in [1.807, 2.05) is 6.08 Å². The molecular formula is C48H87O18P. The van der Waals surface area contributed by atoms with Crippen LogP contribution in [-0.2, 0) is 42.1 Å². The predicted octanol–water partition coefficient (Wildman–Crippen LogP) is 5.49. The Morgan fingerprint density at radius 1 is 0.597 bits per heavy atom. The highest BCUT2D eigenvalue weighted by molar-refractivity contribution is 7.47. The Labute approximate surface area is 398 Å². The van der Waals surface area contributed by atoms with E-state index in [1.165, 1.54) is 109 Å². The zero-order valence-corrected chi connectivity index (χ0v) is 41.1. The Kier molecular flexibility index (Phi) is 33.0. The molecule has 0 bridgehead atoms. The molecule has 2 rings (SSSR count). The molecule has 1 aliphatic heterocycles. The van der Waals surface area contributed by atoms with Gasteiger partial charge in [0.25, 0.3) is 0 Å². The number of phosphoric acid groups is 1. The van der Waals surface area contributed by atoms with Crippen LogP contribution < -0.4 is 0 Å². The lowest BCUT2D eigenvalue weighted by atomic mass is 9.84. The van der Waals surface area contributed by atoms with Gasteiger partial charge in [0.2, 0.25) is 0 Å². The molecule has 0 aromatic heterocycles. The van der Waals surface area contributed by atoms with E-state index in [0.717, 1.165) is 51.0 Å². The summed E-state index contributed by atoms with van der Waals surface area (Å²) in [6, 6.07) is 0. The molecule has 1 saturated carbocycles. The molecule has 2 aliphatic rings. The van der Waals surface area contributed by atoms with Crippen molar-refractivity contribution in [3.63, 3.8) is 0 Å². The summed E-state index contributed by atoms with van der Waals surface area (Å²) in [7, 11) is -5.40. The molecule has 9 N–H and O–H groups in total. The van der Waals surface area contributed by atoms with Crippen molar-refractivity contribution in [3.05, 3.63) is 24.3 Å². The van der Waals surface area contributed by atoms with Gasteiger partial charge in [-0.15, -0.1) is 0 Å². The van der Waals surface area contributed by atoms with Crippen LogP contribution in [0.3, 0.4) is 0 Å². The maximum absolute atomic E-state index is 13.4. The minimum Gasteiger partial charge on any atom is -0.462 e. The second-order valence-electron chi connectivity index (χ2n) is 18.1. The Hall–Kier alpha value is -1.87. The molecule has 13 unspecified atom stereocenters. The van der Waals surface area contributed by atoms with Crippen molar-refractivity contribution in [2.75, 3.05) is 19.8 Å². The topological polar surface area (TPSA) is 289 Å².